The highest BCUT2D eigenvalue weighted by Gasteiger charge is 2.46. The van der Waals surface area contributed by atoms with Gasteiger partial charge in [-0.25, -0.2) is 13.2 Å². The Morgan fingerprint density at radius 1 is 1.19 bits per heavy atom. The Labute approximate surface area is 183 Å². The van der Waals surface area contributed by atoms with E-state index in [2.05, 4.69) is 22.5 Å². The summed E-state index contributed by atoms with van der Waals surface area (Å²) in [6.07, 6.45) is 2.72. The van der Waals surface area contributed by atoms with Crippen molar-refractivity contribution in [2.75, 3.05) is 13.4 Å². The molecule has 3 aromatic rings. The second-order valence-electron chi connectivity index (χ2n) is 7.40. The van der Waals surface area contributed by atoms with Crippen molar-refractivity contribution >= 4 is 32.5 Å². The van der Waals surface area contributed by atoms with Gasteiger partial charge < -0.3 is 19.7 Å². The lowest BCUT2D eigenvalue weighted by Crippen LogP contribution is -2.49. The van der Waals surface area contributed by atoms with Gasteiger partial charge in [-0.2, -0.15) is 0 Å². The number of benzene rings is 2. The molecule has 1 aromatic heterocycles. The van der Waals surface area contributed by atoms with Crippen LogP contribution in [0.4, 0.5) is 4.79 Å². The largest absolute Gasteiger partial charge is 0.497 e. The number of ether oxygens (including phenoxy) is 1. The molecule has 1 aliphatic rings. The van der Waals surface area contributed by atoms with Crippen LogP contribution >= 0.6 is 0 Å². The van der Waals surface area contributed by atoms with Crippen LogP contribution in [0.15, 0.2) is 53.6 Å². The van der Waals surface area contributed by atoms with E-state index in [0.717, 1.165) is 6.26 Å². The zero-order chi connectivity index (χ0) is 23.1. The number of hydrogen-bond acceptors (Lipinski definition) is 6. The van der Waals surface area contributed by atoms with Crippen molar-refractivity contribution in [3.05, 3.63) is 54.2 Å². The van der Waals surface area contributed by atoms with Gasteiger partial charge in [0.05, 0.1) is 18.6 Å². The van der Waals surface area contributed by atoms with Crippen molar-refractivity contribution in [1.82, 2.24) is 15.2 Å². The fourth-order valence-corrected chi connectivity index (χ4v) is 4.11. The number of urea groups is 1. The second-order valence-corrected chi connectivity index (χ2v) is 9.41. The number of aromatic hydroxyl groups is 1. The zero-order valence-corrected chi connectivity index (χ0v) is 18.0. The molecule has 164 valence electrons. The summed E-state index contributed by atoms with van der Waals surface area (Å²) in [5, 5.41) is 16.6. The monoisotopic (exact) mass is 453 g/mol. The summed E-state index contributed by atoms with van der Waals surface area (Å²) in [6, 6.07) is 10.4. The van der Waals surface area contributed by atoms with Gasteiger partial charge in [-0.05, 0) is 36.4 Å². The molecule has 0 saturated carbocycles. The number of sulfone groups is 1. The third kappa shape index (κ3) is 3.86. The molecule has 1 fully saturated rings. The van der Waals surface area contributed by atoms with E-state index in [1.807, 2.05) is 0 Å². The molecule has 3 N–H and O–H groups in total. The summed E-state index contributed by atoms with van der Waals surface area (Å²) in [4.78, 5) is 24.7. The van der Waals surface area contributed by atoms with Crippen LogP contribution in [0.5, 0.6) is 11.6 Å². The van der Waals surface area contributed by atoms with Gasteiger partial charge in [-0.15, -0.1) is 0 Å². The minimum atomic E-state index is -3.44. The van der Waals surface area contributed by atoms with Crippen LogP contribution in [0.1, 0.15) is 5.56 Å². The number of rotatable bonds is 4. The van der Waals surface area contributed by atoms with Crippen LogP contribution in [0.25, 0.3) is 10.8 Å². The Morgan fingerprint density at radius 2 is 1.97 bits per heavy atom. The molecule has 4 rings (SSSR count). The van der Waals surface area contributed by atoms with Gasteiger partial charge >= 0.3 is 6.03 Å². The number of amides is 3. The lowest BCUT2D eigenvalue weighted by Gasteiger charge is -2.20. The number of fused-ring (bicyclic) bond motifs is 1. The molecule has 10 heteroatoms. The first kappa shape index (κ1) is 21.3. The van der Waals surface area contributed by atoms with Crippen molar-refractivity contribution in [2.45, 2.75) is 17.0 Å². The second kappa shape index (κ2) is 7.62. The minimum Gasteiger partial charge on any atom is -0.497 e. The zero-order valence-electron chi connectivity index (χ0n) is 17.2. The lowest BCUT2D eigenvalue weighted by atomic mass is 10.00. The topological polar surface area (TPSA) is 127 Å². The molecule has 1 saturated heterocycles. The summed E-state index contributed by atoms with van der Waals surface area (Å²) >= 11 is 0. The van der Waals surface area contributed by atoms with E-state index >= 15 is 0 Å². The Balaban J connectivity index is 1.76. The Hall–Kier alpha value is -3.97. The van der Waals surface area contributed by atoms with E-state index in [1.54, 1.807) is 30.5 Å². The minimum absolute atomic E-state index is 0.0847. The number of hydrogen-bond donors (Lipinski definition) is 3. The van der Waals surface area contributed by atoms with Gasteiger partial charge in [-0.1, -0.05) is 17.9 Å². The highest BCUT2D eigenvalue weighted by atomic mass is 32.2. The van der Waals surface area contributed by atoms with Crippen LogP contribution in [0.3, 0.4) is 0 Å². The predicted molar refractivity (Wildman–Crippen MR) is 116 cm³/mol. The third-order valence-corrected chi connectivity index (χ3v) is 6.21. The standard InChI is InChI=1S/C22H19N3O6S/c1-31-16-7-6-15-12-25(19(26)18(15)11-16)13-22(20(27)23-21(28)24-22)9-8-14-4-3-5-17(10-14)32(2,29)30/h3-7,10-12,26H,13H2,1-2H3,(H2,23,24,27,28)/t22-/m1/s1. The van der Waals surface area contributed by atoms with Crippen LogP contribution in [0.2, 0.25) is 0 Å². The number of nitrogens with one attached hydrogen (secondary N) is 2. The molecule has 0 spiro atoms. The Bertz CT molecular complexity index is 1430. The van der Waals surface area contributed by atoms with Crippen molar-refractivity contribution in [1.29, 1.82) is 0 Å². The first-order valence-corrected chi connectivity index (χ1v) is 11.3. The summed E-state index contributed by atoms with van der Waals surface area (Å²) in [7, 11) is -1.93. The van der Waals surface area contributed by atoms with Gasteiger partial charge in [0.25, 0.3) is 5.91 Å². The molecule has 0 aliphatic carbocycles. The maximum atomic E-state index is 12.7. The highest BCUT2D eigenvalue weighted by Crippen LogP contribution is 2.32. The van der Waals surface area contributed by atoms with Gasteiger partial charge in [-0.3, -0.25) is 10.1 Å². The number of carbonyl (C=O) groups excluding carboxylic acids is 2. The van der Waals surface area contributed by atoms with E-state index in [9.17, 15) is 23.1 Å². The quantitative estimate of drug-likeness (QED) is 0.405. The number of methoxy groups -OCH3 is 1. The average Bonchev–Trinajstić information content (AvgIpc) is 3.21. The van der Waals surface area contributed by atoms with Crippen molar-refractivity contribution in [3.63, 3.8) is 0 Å². The summed E-state index contributed by atoms with van der Waals surface area (Å²) in [6.45, 7) is -0.174. The van der Waals surface area contributed by atoms with Crippen LogP contribution in [-0.2, 0) is 21.2 Å². The molecule has 9 nitrogen and oxygen atoms in total. The molecule has 3 amide bonds. The molecular formula is C22H19N3O6S. The van der Waals surface area contributed by atoms with Crippen molar-refractivity contribution in [2.24, 2.45) is 0 Å². The van der Waals surface area contributed by atoms with Gasteiger partial charge in [0.2, 0.25) is 5.54 Å². The Kier molecular flexibility index (Phi) is 5.06. The van der Waals surface area contributed by atoms with Crippen LogP contribution in [0, 0.1) is 11.8 Å². The number of carbonyl (C=O) groups is 2. The first-order chi connectivity index (χ1) is 15.1. The van der Waals surface area contributed by atoms with Crippen molar-refractivity contribution in [3.8, 4) is 23.5 Å². The molecule has 2 aromatic carbocycles. The van der Waals surface area contributed by atoms with E-state index in [0.29, 0.717) is 22.1 Å². The highest BCUT2D eigenvalue weighted by molar-refractivity contribution is 7.90. The number of nitrogens with zero attached hydrogens (tertiary/aromatic N) is 1. The van der Waals surface area contributed by atoms with Gasteiger partial charge in [0.15, 0.2) is 15.7 Å². The SMILES string of the molecule is COc1ccc2cn(C[C@@]3(C#Cc4cccc(S(C)(=O)=O)c4)NC(=O)NC3=O)c(O)c2c1. The molecule has 0 radical (unpaired) electrons. The molecule has 0 unspecified atom stereocenters. The average molecular weight is 453 g/mol. The molecule has 1 atom stereocenters. The normalized spacial score (nSPS) is 18.1. The Morgan fingerprint density at radius 3 is 2.62 bits per heavy atom. The number of aromatic nitrogens is 1. The van der Waals surface area contributed by atoms with E-state index < -0.39 is 27.3 Å². The van der Waals surface area contributed by atoms with Crippen molar-refractivity contribution < 1.29 is 27.9 Å². The van der Waals surface area contributed by atoms with E-state index in [-0.39, 0.29) is 17.3 Å². The van der Waals surface area contributed by atoms with Crippen LogP contribution < -0.4 is 15.4 Å². The number of imide groups is 1. The van der Waals surface area contributed by atoms with Crippen LogP contribution in [-0.4, -0.2) is 48.9 Å². The summed E-state index contributed by atoms with van der Waals surface area (Å²) in [5.74, 6) is 5.30. The predicted octanol–water partition coefficient (Wildman–Crippen LogP) is 1.39. The van der Waals surface area contributed by atoms with Gasteiger partial charge in [0.1, 0.15) is 5.75 Å². The van der Waals surface area contributed by atoms with E-state index in [4.69, 9.17) is 4.74 Å². The molecule has 0 bridgehead atoms. The third-order valence-electron chi connectivity index (χ3n) is 5.10. The lowest BCUT2D eigenvalue weighted by molar-refractivity contribution is -0.122. The maximum Gasteiger partial charge on any atom is 0.323 e. The fraction of sp³-hybridized carbons (Fsp3) is 0.182. The molecule has 32 heavy (non-hydrogen) atoms. The maximum absolute atomic E-state index is 12.7. The molecule has 1 aliphatic heterocycles. The van der Waals surface area contributed by atoms with E-state index in [1.165, 1.54) is 29.9 Å². The summed E-state index contributed by atoms with van der Waals surface area (Å²) in [5.41, 5.74) is -1.32. The molecule has 2 heterocycles. The molecular weight excluding hydrogens is 434 g/mol. The fourth-order valence-electron chi connectivity index (χ4n) is 3.44. The summed E-state index contributed by atoms with van der Waals surface area (Å²) < 4.78 is 30.2. The smallest absolute Gasteiger partial charge is 0.323 e. The first-order valence-electron chi connectivity index (χ1n) is 9.44. The van der Waals surface area contributed by atoms with Gasteiger partial charge in [0, 0.05) is 28.8 Å².